The van der Waals surface area contributed by atoms with Crippen molar-refractivity contribution in [2.75, 3.05) is 19.7 Å². The van der Waals surface area contributed by atoms with E-state index >= 15 is 0 Å². The number of amides is 1. The Morgan fingerprint density at radius 2 is 2.05 bits per heavy atom. The maximum Gasteiger partial charge on any atom is 0.260 e. The summed E-state index contributed by atoms with van der Waals surface area (Å²) < 4.78 is 5.72. The Bertz CT molecular complexity index is 466. The van der Waals surface area contributed by atoms with Gasteiger partial charge in [-0.1, -0.05) is 12.1 Å². The van der Waals surface area contributed by atoms with Gasteiger partial charge in [0.15, 0.2) is 6.61 Å². The van der Waals surface area contributed by atoms with Crippen LogP contribution in [0.1, 0.15) is 43.4 Å². The van der Waals surface area contributed by atoms with Crippen molar-refractivity contribution in [2.45, 2.75) is 39.2 Å². The Morgan fingerprint density at radius 1 is 1.35 bits per heavy atom. The number of piperidine rings is 1. The Kier molecular flexibility index (Phi) is 5.01. The van der Waals surface area contributed by atoms with E-state index in [-0.39, 0.29) is 18.6 Å². The molecule has 2 N–H and O–H groups in total. The van der Waals surface area contributed by atoms with Crippen molar-refractivity contribution >= 4 is 5.91 Å². The first-order chi connectivity index (χ1) is 9.58. The number of likely N-dealkylation sites (tertiary alicyclic amines) is 1. The molecule has 1 heterocycles. The van der Waals surface area contributed by atoms with E-state index in [1.165, 1.54) is 6.42 Å². The van der Waals surface area contributed by atoms with Gasteiger partial charge in [0, 0.05) is 24.7 Å². The summed E-state index contributed by atoms with van der Waals surface area (Å²) in [7, 11) is 0. The Morgan fingerprint density at radius 3 is 2.70 bits per heavy atom. The van der Waals surface area contributed by atoms with Gasteiger partial charge in [-0.3, -0.25) is 4.79 Å². The number of nitrogens with two attached hydrogens (primary N) is 1. The van der Waals surface area contributed by atoms with Crippen LogP contribution in [0.4, 0.5) is 0 Å². The number of hydrogen-bond acceptors (Lipinski definition) is 3. The number of carbonyl (C=O) groups is 1. The standard InChI is InChI=1S/C16H24N2O2/c1-12-6-7-14(13(2)17)15(10-12)20-11-16(19)18-8-4-3-5-9-18/h6-7,10,13H,3-5,8-9,11,17H2,1-2H3/t13-/m1/s1. The van der Waals surface area contributed by atoms with Crippen LogP contribution < -0.4 is 10.5 Å². The van der Waals surface area contributed by atoms with Crippen LogP contribution in [0.5, 0.6) is 5.75 Å². The molecule has 0 saturated carbocycles. The Hall–Kier alpha value is -1.55. The van der Waals surface area contributed by atoms with Crippen LogP contribution in [-0.2, 0) is 4.79 Å². The molecule has 1 fully saturated rings. The van der Waals surface area contributed by atoms with E-state index in [0.29, 0.717) is 0 Å². The van der Waals surface area contributed by atoms with Crippen molar-refractivity contribution in [3.8, 4) is 5.75 Å². The molecule has 2 rings (SSSR count). The topological polar surface area (TPSA) is 55.6 Å². The molecule has 20 heavy (non-hydrogen) atoms. The summed E-state index contributed by atoms with van der Waals surface area (Å²) in [5.74, 6) is 0.798. The second kappa shape index (κ2) is 6.75. The first-order valence-electron chi connectivity index (χ1n) is 7.34. The maximum absolute atomic E-state index is 12.1. The van der Waals surface area contributed by atoms with Gasteiger partial charge in [0.2, 0.25) is 0 Å². The number of hydrogen-bond donors (Lipinski definition) is 1. The second-order valence-electron chi connectivity index (χ2n) is 5.56. The average Bonchev–Trinajstić information content (AvgIpc) is 2.45. The van der Waals surface area contributed by atoms with Crippen LogP contribution in [0.3, 0.4) is 0 Å². The molecule has 0 spiro atoms. The third-order valence-corrected chi connectivity index (χ3v) is 3.72. The Labute approximate surface area is 120 Å². The van der Waals surface area contributed by atoms with Gasteiger partial charge >= 0.3 is 0 Å². The van der Waals surface area contributed by atoms with Crippen molar-refractivity contribution < 1.29 is 9.53 Å². The molecule has 1 aliphatic heterocycles. The van der Waals surface area contributed by atoms with E-state index < -0.39 is 0 Å². The average molecular weight is 276 g/mol. The molecule has 1 atom stereocenters. The third-order valence-electron chi connectivity index (χ3n) is 3.72. The monoisotopic (exact) mass is 276 g/mol. The molecular formula is C16H24N2O2. The third kappa shape index (κ3) is 3.73. The highest BCUT2D eigenvalue weighted by molar-refractivity contribution is 5.77. The van der Waals surface area contributed by atoms with Crippen LogP contribution in [0, 0.1) is 6.92 Å². The highest BCUT2D eigenvalue weighted by atomic mass is 16.5. The fraction of sp³-hybridized carbons (Fsp3) is 0.562. The molecule has 1 aromatic carbocycles. The molecule has 0 aliphatic carbocycles. The fourth-order valence-electron chi connectivity index (χ4n) is 2.52. The molecule has 0 bridgehead atoms. The lowest BCUT2D eigenvalue weighted by Gasteiger charge is -2.26. The first-order valence-corrected chi connectivity index (χ1v) is 7.34. The highest BCUT2D eigenvalue weighted by Gasteiger charge is 2.17. The van der Waals surface area contributed by atoms with Crippen molar-refractivity contribution in [1.82, 2.24) is 4.90 Å². The lowest BCUT2D eigenvalue weighted by molar-refractivity contribution is -0.134. The molecule has 4 heteroatoms. The molecule has 0 radical (unpaired) electrons. The van der Waals surface area contributed by atoms with E-state index in [0.717, 1.165) is 42.8 Å². The molecule has 0 aromatic heterocycles. The first kappa shape index (κ1) is 14.9. The molecule has 1 amide bonds. The van der Waals surface area contributed by atoms with Gasteiger partial charge < -0.3 is 15.4 Å². The Balaban J connectivity index is 1.99. The number of carbonyl (C=O) groups excluding carboxylic acids is 1. The highest BCUT2D eigenvalue weighted by Crippen LogP contribution is 2.25. The fourth-order valence-corrected chi connectivity index (χ4v) is 2.52. The maximum atomic E-state index is 12.1. The SMILES string of the molecule is Cc1ccc([C@@H](C)N)c(OCC(=O)N2CCCCC2)c1. The van der Waals surface area contributed by atoms with Gasteiger partial charge in [0.1, 0.15) is 5.75 Å². The van der Waals surface area contributed by atoms with Gasteiger partial charge in [-0.2, -0.15) is 0 Å². The van der Waals surface area contributed by atoms with Crippen LogP contribution in [0.2, 0.25) is 0 Å². The number of aryl methyl sites for hydroxylation is 1. The smallest absolute Gasteiger partial charge is 0.260 e. The van der Waals surface area contributed by atoms with E-state index in [9.17, 15) is 4.79 Å². The largest absolute Gasteiger partial charge is 0.483 e. The number of rotatable bonds is 4. The van der Waals surface area contributed by atoms with Crippen molar-refractivity contribution in [3.05, 3.63) is 29.3 Å². The van der Waals surface area contributed by atoms with E-state index in [4.69, 9.17) is 10.5 Å². The molecule has 1 aromatic rings. The summed E-state index contributed by atoms with van der Waals surface area (Å²) in [5, 5.41) is 0. The number of nitrogens with zero attached hydrogens (tertiary/aromatic N) is 1. The van der Waals surface area contributed by atoms with Crippen LogP contribution in [0.25, 0.3) is 0 Å². The molecule has 1 aliphatic rings. The summed E-state index contributed by atoms with van der Waals surface area (Å²) in [6, 6.07) is 5.83. The molecule has 0 unspecified atom stereocenters. The molecular weight excluding hydrogens is 252 g/mol. The zero-order valence-corrected chi connectivity index (χ0v) is 12.4. The summed E-state index contributed by atoms with van der Waals surface area (Å²) >= 11 is 0. The summed E-state index contributed by atoms with van der Waals surface area (Å²) in [5.41, 5.74) is 7.99. The zero-order valence-electron chi connectivity index (χ0n) is 12.4. The van der Waals surface area contributed by atoms with Gasteiger partial charge in [-0.25, -0.2) is 0 Å². The van der Waals surface area contributed by atoms with Crippen LogP contribution in [-0.4, -0.2) is 30.5 Å². The van der Waals surface area contributed by atoms with Crippen molar-refractivity contribution in [3.63, 3.8) is 0 Å². The number of ether oxygens (including phenoxy) is 1. The zero-order chi connectivity index (χ0) is 14.5. The van der Waals surface area contributed by atoms with Crippen molar-refractivity contribution in [1.29, 1.82) is 0 Å². The molecule has 4 nitrogen and oxygen atoms in total. The van der Waals surface area contributed by atoms with Gasteiger partial charge in [-0.15, -0.1) is 0 Å². The van der Waals surface area contributed by atoms with E-state index in [2.05, 4.69) is 0 Å². The summed E-state index contributed by atoms with van der Waals surface area (Å²) in [4.78, 5) is 14.0. The molecule has 110 valence electrons. The van der Waals surface area contributed by atoms with E-state index in [1.807, 2.05) is 36.9 Å². The normalized spacial score (nSPS) is 16.9. The minimum Gasteiger partial charge on any atom is -0.483 e. The quantitative estimate of drug-likeness (QED) is 0.918. The summed E-state index contributed by atoms with van der Waals surface area (Å²) in [6.07, 6.45) is 3.42. The van der Waals surface area contributed by atoms with Crippen LogP contribution >= 0.6 is 0 Å². The molecule has 1 saturated heterocycles. The van der Waals surface area contributed by atoms with Crippen molar-refractivity contribution in [2.24, 2.45) is 5.73 Å². The minimum atomic E-state index is -0.101. The second-order valence-corrected chi connectivity index (χ2v) is 5.56. The van der Waals surface area contributed by atoms with Gasteiger partial charge in [-0.05, 0) is 44.7 Å². The van der Waals surface area contributed by atoms with E-state index in [1.54, 1.807) is 0 Å². The van der Waals surface area contributed by atoms with Crippen LogP contribution in [0.15, 0.2) is 18.2 Å². The lowest BCUT2D eigenvalue weighted by Crippen LogP contribution is -2.38. The predicted molar refractivity (Wildman–Crippen MR) is 79.7 cm³/mol. The van der Waals surface area contributed by atoms with Gasteiger partial charge in [0.25, 0.3) is 5.91 Å². The predicted octanol–water partition coefficient (Wildman–Crippen LogP) is 2.41. The number of benzene rings is 1. The van der Waals surface area contributed by atoms with Gasteiger partial charge in [0.05, 0.1) is 0 Å². The summed E-state index contributed by atoms with van der Waals surface area (Å²) in [6.45, 7) is 5.74. The minimum absolute atomic E-state index is 0.0711. The lowest BCUT2D eigenvalue weighted by atomic mass is 10.1.